The van der Waals surface area contributed by atoms with Gasteiger partial charge in [-0.2, -0.15) is 0 Å². The number of likely N-dealkylation sites (tertiary alicyclic amines) is 1. The molecule has 110 valence electrons. The van der Waals surface area contributed by atoms with Crippen LogP contribution in [0.15, 0.2) is 6.07 Å². The quantitative estimate of drug-likeness (QED) is 0.901. The maximum Gasteiger partial charge on any atom is 0.245 e. The van der Waals surface area contributed by atoms with Crippen LogP contribution in [0.1, 0.15) is 61.7 Å². The zero-order valence-electron chi connectivity index (χ0n) is 12.4. The van der Waals surface area contributed by atoms with Gasteiger partial charge in [-0.3, -0.25) is 4.79 Å². The van der Waals surface area contributed by atoms with Crippen molar-refractivity contribution in [3.8, 4) is 0 Å². The molecule has 4 nitrogen and oxygen atoms in total. The SMILES string of the molecule is Cc1cc2c(n1C(C)C(=O)N1CCCC1)CCCC2O. The number of amides is 1. The molecule has 20 heavy (non-hydrogen) atoms. The molecule has 3 rings (SSSR count). The van der Waals surface area contributed by atoms with Crippen molar-refractivity contribution in [2.75, 3.05) is 13.1 Å². The van der Waals surface area contributed by atoms with Crippen LogP contribution in [-0.2, 0) is 11.2 Å². The second-order valence-electron chi connectivity index (χ2n) is 6.17. The van der Waals surface area contributed by atoms with Crippen LogP contribution in [0.3, 0.4) is 0 Å². The summed E-state index contributed by atoms with van der Waals surface area (Å²) in [6.45, 7) is 5.83. The fraction of sp³-hybridized carbons (Fsp3) is 0.688. The summed E-state index contributed by atoms with van der Waals surface area (Å²) in [5.41, 5.74) is 3.30. The summed E-state index contributed by atoms with van der Waals surface area (Å²) in [6, 6.07) is 1.91. The predicted molar refractivity (Wildman–Crippen MR) is 77.6 cm³/mol. The maximum absolute atomic E-state index is 12.6. The molecule has 4 heteroatoms. The average molecular weight is 276 g/mol. The highest BCUT2D eigenvalue weighted by Gasteiger charge is 2.30. The van der Waals surface area contributed by atoms with Crippen LogP contribution in [-0.4, -0.2) is 33.6 Å². The molecule has 1 aromatic heterocycles. The van der Waals surface area contributed by atoms with E-state index in [0.717, 1.165) is 56.5 Å². The molecule has 1 aliphatic heterocycles. The van der Waals surface area contributed by atoms with Crippen LogP contribution in [0.4, 0.5) is 0 Å². The number of hydrogen-bond acceptors (Lipinski definition) is 2. The van der Waals surface area contributed by atoms with Crippen molar-refractivity contribution < 1.29 is 9.90 Å². The second kappa shape index (κ2) is 5.24. The number of carbonyl (C=O) groups excluding carboxylic acids is 1. The van der Waals surface area contributed by atoms with Crippen molar-refractivity contribution in [3.05, 3.63) is 23.0 Å². The van der Waals surface area contributed by atoms with Gasteiger partial charge in [-0.05, 0) is 52.0 Å². The number of aryl methyl sites for hydroxylation is 1. The van der Waals surface area contributed by atoms with Gasteiger partial charge in [0.1, 0.15) is 6.04 Å². The highest BCUT2D eigenvalue weighted by atomic mass is 16.3. The Morgan fingerprint density at radius 1 is 1.35 bits per heavy atom. The van der Waals surface area contributed by atoms with Gasteiger partial charge in [0, 0.05) is 30.0 Å². The standard InChI is InChI=1S/C16H24N2O2/c1-11-10-13-14(6-5-7-15(13)19)18(11)12(2)16(20)17-8-3-4-9-17/h10,12,15,19H,3-9H2,1-2H3. The molecule has 1 aliphatic carbocycles. The fourth-order valence-corrected chi connectivity index (χ4v) is 3.75. The van der Waals surface area contributed by atoms with E-state index in [1.54, 1.807) is 0 Å². The zero-order valence-corrected chi connectivity index (χ0v) is 12.4. The molecular weight excluding hydrogens is 252 g/mol. The van der Waals surface area contributed by atoms with E-state index in [1.165, 1.54) is 5.69 Å². The largest absolute Gasteiger partial charge is 0.388 e. The monoisotopic (exact) mass is 276 g/mol. The molecular formula is C16H24N2O2. The van der Waals surface area contributed by atoms with E-state index in [1.807, 2.05) is 18.7 Å². The Balaban J connectivity index is 1.91. The van der Waals surface area contributed by atoms with Gasteiger partial charge < -0.3 is 14.6 Å². The van der Waals surface area contributed by atoms with E-state index in [4.69, 9.17) is 0 Å². The van der Waals surface area contributed by atoms with Gasteiger partial charge >= 0.3 is 0 Å². The Hall–Kier alpha value is -1.29. The molecule has 1 N–H and O–H groups in total. The van der Waals surface area contributed by atoms with Gasteiger partial charge in [0.2, 0.25) is 5.91 Å². The number of aliphatic hydroxyl groups excluding tert-OH is 1. The van der Waals surface area contributed by atoms with Gasteiger partial charge in [-0.1, -0.05) is 0 Å². The lowest BCUT2D eigenvalue weighted by molar-refractivity contribution is -0.133. The number of aromatic nitrogens is 1. The number of aliphatic hydroxyl groups is 1. The first kappa shape index (κ1) is 13.7. The summed E-state index contributed by atoms with van der Waals surface area (Å²) in [7, 11) is 0. The van der Waals surface area contributed by atoms with Crippen LogP contribution in [0.5, 0.6) is 0 Å². The molecule has 1 aromatic rings. The second-order valence-corrected chi connectivity index (χ2v) is 6.17. The summed E-state index contributed by atoms with van der Waals surface area (Å²) in [5.74, 6) is 0.226. The molecule has 0 spiro atoms. The van der Waals surface area contributed by atoms with Gasteiger partial charge in [0.05, 0.1) is 6.10 Å². The zero-order chi connectivity index (χ0) is 14.3. The molecule has 1 saturated heterocycles. The summed E-state index contributed by atoms with van der Waals surface area (Å²) in [5, 5.41) is 10.1. The van der Waals surface area contributed by atoms with Crippen molar-refractivity contribution in [1.29, 1.82) is 0 Å². The molecule has 0 radical (unpaired) electrons. The lowest BCUT2D eigenvalue weighted by atomic mass is 9.95. The van der Waals surface area contributed by atoms with Gasteiger partial charge in [0.15, 0.2) is 0 Å². The van der Waals surface area contributed by atoms with Crippen molar-refractivity contribution in [1.82, 2.24) is 9.47 Å². The fourth-order valence-electron chi connectivity index (χ4n) is 3.75. The molecule has 0 aromatic carbocycles. The number of hydrogen-bond donors (Lipinski definition) is 1. The molecule has 0 saturated carbocycles. The highest BCUT2D eigenvalue weighted by Crippen LogP contribution is 2.34. The first-order chi connectivity index (χ1) is 9.59. The number of nitrogens with zero attached hydrogens (tertiary/aromatic N) is 2. The van der Waals surface area contributed by atoms with E-state index in [2.05, 4.69) is 10.6 Å². The number of rotatable bonds is 2. The van der Waals surface area contributed by atoms with Crippen LogP contribution in [0, 0.1) is 6.92 Å². The Labute approximate surface area is 120 Å². The lowest BCUT2D eigenvalue weighted by Gasteiger charge is -2.26. The molecule has 1 fully saturated rings. The van der Waals surface area contributed by atoms with E-state index < -0.39 is 0 Å². The average Bonchev–Trinajstić information content (AvgIpc) is 3.05. The molecule has 2 unspecified atom stereocenters. The minimum Gasteiger partial charge on any atom is -0.388 e. The third-order valence-electron chi connectivity index (χ3n) is 4.78. The number of fused-ring (bicyclic) bond motifs is 1. The normalized spacial score (nSPS) is 23.8. The van der Waals surface area contributed by atoms with E-state index in [-0.39, 0.29) is 18.1 Å². The first-order valence-corrected chi connectivity index (χ1v) is 7.77. The highest BCUT2D eigenvalue weighted by molar-refractivity contribution is 5.80. The minimum atomic E-state index is -0.354. The third kappa shape index (κ3) is 2.16. The summed E-state index contributed by atoms with van der Waals surface area (Å²) < 4.78 is 2.15. The molecule has 1 amide bonds. The Morgan fingerprint density at radius 2 is 2.05 bits per heavy atom. The molecule has 0 bridgehead atoms. The van der Waals surface area contributed by atoms with Gasteiger partial charge in [-0.25, -0.2) is 0 Å². The smallest absolute Gasteiger partial charge is 0.245 e. The minimum absolute atomic E-state index is 0.151. The molecule has 2 aliphatic rings. The van der Waals surface area contributed by atoms with Crippen molar-refractivity contribution in [2.45, 2.75) is 58.1 Å². The van der Waals surface area contributed by atoms with Crippen molar-refractivity contribution >= 4 is 5.91 Å². The Bertz CT molecular complexity index is 515. The lowest BCUT2D eigenvalue weighted by Crippen LogP contribution is -2.35. The van der Waals surface area contributed by atoms with Crippen LogP contribution >= 0.6 is 0 Å². The number of carbonyl (C=O) groups is 1. The van der Waals surface area contributed by atoms with Crippen LogP contribution < -0.4 is 0 Å². The van der Waals surface area contributed by atoms with E-state index in [0.29, 0.717) is 0 Å². The molecule has 2 heterocycles. The van der Waals surface area contributed by atoms with Gasteiger partial charge in [0.25, 0.3) is 0 Å². The maximum atomic E-state index is 12.6. The topological polar surface area (TPSA) is 45.5 Å². The van der Waals surface area contributed by atoms with Gasteiger partial charge in [-0.15, -0.1) is 0 Å². The summed E-state index contributed by atoms with van der Waals surface area (Å²) in [6.07, 6.45) is 4.71. The molecule has 2 atom stereocenters. The third-order valence-corrected chi connectivity index (χ3v) is 4.78. The van der Waals surface area contributed by atoms with Crippen LogP contribution in [0.25, 0.3) is 0 Å². The summed E-state index contributed by atoms with van der Waals surface area (Å²) >= 11 is 0. The van der Waals surface area contributed by atoms with Crippen molar-refractivity contribution in [2.24, 2.45) is 0 Å². The van der Waals surface area contributed by atoms with Crippen LogP contribution in [0.2, 0.25) is 0 Å². The Kier molecular flexibility index (Phi) is 3.59. The summed E-state index contributed by atoms with van der Waals surface area (Å²) in [4.78, 5) is 14.6. The Morgan fingerprint density at radius 3 is 2.75 bits per heavy atom. The van der Waals surface area contributed by atoms with Crippen molar-refractivity contribution in [3.63, 3.8) is 0 Å². The predicted octanol–water partition coefficient (Wildman–Crippen LogP) is 2.35. The van der Waals surface area contributed by atoms with E-state index in [9.17, 15) is 9.90 Å². The first-order valence-electron chi connectivity index (χ1n) is 7.77. The van der Waals surface area contributed by atoms with E-state index >= 15 is 0 Å².